The summed E-state index contributed by atoms with van der Waals surface area (Å²) in [4.78, 5) is 12.0. The van der Waals surface area contributed by atoms with E-state index >= 15 is 0 Å². The van der Waals surface area contributed by atoms with Crippen molar-refractivity contribution in [3.05, 3.63) is 23.0 Å². The number of rotatable bonds is 7. The molecule has 0 saturated heterocycles. The van der Waals surface area contributed by atoms with Crippen LogP contribution in [0.1, 0.15) is 60.8 Å². The van der Waals surface area contributed by atoms with E-state index in [1.807, 2.05) is 13.8 Å². The molecule has 0 fully saturated rings. The summed E-state index contributed by atoms with van der Waals surface area (Å²) in [5.41, 5.74) is 2.36. The third kappa shape index (κ3) is 5.56. The van der Waals surface area contributed by atoms with Crippen LogP contribution in [0.15, 0.2) is 23.0 Å². The maximum atomic E-state index is 12.0. The minimum Gasteiger partial charge on any atom is -0.483 e. The average molecular weight is 294 g/mol. The zero-order chi connectivity index (χ0) is 16.0. The zero-order valence-electron chi connectivity index (χ0n) is 14.4. The number of allylic oxidation sites excluding steroid dienone is 2. The van der Waals surface area contributed by atoms with E-state index in [0.717, 1.165) is 24.8 Å². The van der Waals surface area contributed by atoms with Gasteiger partial charge in [0.15, 0.2) is 0 Å². The summed E-state index contributed by atoms with van der Waals surface area (Å²) < 4.78 is 10.9. The second-order valence-electron chi connectivity index (χ2n) is 6.51. The second-order valence-corrected chi connectivity index (χ2v) is 6.51. The van der Waals surface area contributed by atoms with E-state index in [1.165, 1.54) is 5.57 Å². The number of carbonyl (C=O) groups is 1. The minimum absolute atomic E-state index is 0.0653. The highest BCUT2D eigenvalue weighted by Gasteiger charge is 2.32. The first-order valence-electron chi connectivity index (χ1n) is 8.00. The monoisotopic (exact) mass is 294 g/mol. The summed E-state index contributed by atoms with van der Waals surface area (Å²) in [5, 5.41) is 0. The first kappa shape index (κ1) is 17.8. The van der Waals surface area contributed by atoms with Crippen molar-refractivity contribution in [3.8, 4) is 0 Å². The van der Waals surface area contributed by atoms with Crippen LogP contribution >= 0.6 is 0 Å². The summed E-state index contributed by atoms with van der Waals surface area (Å²) in [5.74, 6) is 0.966. The number of carbonyl (C=O) groups excluding carboxylic acids is 1. The molecule has 0 aromatic heterocycles. The van der Waals surface area contributed by atoms with Gasteiger partial charge in [0.05, 0.1) is 6.61 Å². The summed E-state index contributed by atoms with van der Waals surface area (Å²) in [6, 6.07) is 0. The Morgan fingerprint density at radius 3 is 2.52 bits per heavy atom. The van der Waals surface area contributed by atoms with Crippen LogP contribution in [-0.4, -0.2) is 18.7 Å². The molecule has 0 N–H and O–H groups in total. The molecule has 0 bridgehead atoms. The molecule has 3 heteroatoms. The lowest BCUT2D eigenvalue weighted by Crippen LogP contribution is -2.14. The van der Waals surface area contributed by atoms with E-state index in [0.29, 0.717) is 18.3 Å². The second kappa shape index (κ2) is 8.26. The third-order valence-corrected chi connectivity index (χ3v) is 4.29. The van der Waals surface area contributed by atoms with Gasteiger partial charge in [0, 0.05) is 5.92 Å². The quantitative estimate of drug-likeness (QED) is 0.507. The van der Waals surface area contributed by atoms with Gasteiger partial charge in [-0.05, 0) is 58.4 Å². The van der Waals surface area contributed by atoms with Crippen LogP contribution in [-0.2, 0) is 14.3 Å². The summed E-state index contributed by atoms with van der Waals surface area (Å²) >= 11 is 0. The first-order chi connectivity index (χ1) is 9.82. The molecule has 3 nitrogen and oxygen atoms in total. The highest BCUT2D eigenvalue weighted by atomic mass is 16.6. The lowest BCUT2D eigenvalue weighted by Gasteiger charge is -2.12. The predicted octanol–water partition coefficient (Wildman–Crippen LogP) is 4.63. The SMILES string of the molecule is CC(C)=CCC[C@H](C)CCOC(=O)C1=C(C)C(C)C(C)O1. The van der Waals surface area contributed by atoms with Gasteiger partial charge < -0.3 is 9.47 Å². The summed E-state index contributed by atoms with van der Waals surface area (Å²) in [7, 11) is 0. The van der Waals surface area contributed by atoms with Gasteiger partial charge in [-0.2, -0.15) is 0 Å². The number of esters is 1. The maximum absolute atomic E-state index is 12.0. The largest absolute Gasteiger partial charge is 0.483 e. The topological polar surface area (TPSA) is 35.5 Å². The van der Waals surface area contributed by atoms with Crippen LogP contribution in [0.3, 0.4) is 0 Å². The highest BCUT2D eigenvalue weighted by Crippen LogP contribution is 2.30. The summed E-state index contributed by atoms with van der Waals surface area (Å²) in [6.07, 6.45) is 5.45. The Balaban J connectivity index is 2.30. The zero-order valence-corrected chi connectivity index (χ0v) is 14.4. The third-order valence-electron chi connectivity index (χ3n) is 4.29. The molecule has 0 spiro atoms. The Bertz CT molecular complexity index is 416. The van der Waals surface area contributed by atoms with Gasteiger partial charge in [-0.1, -0.05) is 25.5 Å². The number of hydrogen-bond donors (Lipinski definition) is 0. The number of hydrogen-bond acceptors (Lipinski definition) is 3. The van der Waals surface area contributed by atoms with Gasteiger partial charge in [-0.25, -0.2) is 4.79 Å². The van der Waals surface area contributed by atoms with E-state index in [1.54, 1.807) is 0 Å². The molecule has 2 unspecified atom stereocenters. The Labute approximate surface area is 129 Å². The van der Waals surface area contributed by atoms with Crippen molar-refractivity contribution in [3.63, 3.8) is 0 Å². The summed E-state index contributed by atoms with van der Waals surface area (Å²) in [6.45, 7) is 12.9. The average Bonchev–Trinajstić information content (AvgIpc) is 2.66. The minimum atomic E-state index is -0.305. The molecule has 0 aliphatic carbocycles. The van der Waals surface area contributed by atoms with Crippen LogP contribution in [0.25, 0.3) is 0 Å². The molecule has 1 heterocycles. The van der Waals surface area contributed by atoms with E-state index in [9.17, 15) is 4.79 Å². The lowest BCUT2D eigenvalue weighted by molar-refractivity contribution is -0.143. The molecular formula is C18H30O3. The number of ether oxygens (including phenoxy) is 2. The van der Waals surface area contributed by atoms with Crippen LogP contribution < -0.4 is 0 Å². The fourth-order valence-corrected chi connectivity index (χ4v) is 2.37. The molecule has 0 saturated carbocycles. The van der Waals surface area contributed by atoms with Gasteiger partial charge in [-0.15, -0.1) is 0 Å². The molecule has 21 heavy (non-hydrogen) atoms. The molecule has 0 radical (unpaired) electrons. The normalized spacial score (nSPS) is 22.8. The smallest absolute Gasteiger partial charge is 0.373 e. The van der Waals surface area contributed by atoms with Crippen molar-refractivity contribution in [1.29, 1.82) is 0 Å². The van der Waals surface area contributed by atoms with Gasteiger partial charge in [0.2, 0.25) is 5.76 Å². The Kier molecular flexibility index (Phi) is 7.00. The van der Waals surface area contributed by atoms with E-state index in [-0.39, 0.29) is 18.0 Å². The van der Waals surface area contributed by atoms with Crippen molar-refractivity contribution < 1.29 is 14.3 Å². The van der Waals surface area contributed by atoms with Crippen LogP contribution in [0.5, 0.6) is 0 Å². The molecule has 0 amide bonds. The lowest BCUT2D eigenvalue weighted by atomic mass is 9.99. The van der Waals surface area contributed by atoms with Gasteiger partial charge in [-0.3, -0.25) is 0 Å². The molecule has 0 aromatic carbocycles. The van der Waals surface area contributed by atoms with Crippen LogP contribution in [0.2, 0.25) is 0 Å². The molecule has 3 atom stereocenters. The van der Waals surface area contributed by atoms with Crippen LogP contribution in [0, 0.1) is 11.8 Å². The van der Waals surface area contributed by atoms with Crippen molar-refractivity contribution in [2.24, 2.45) is 11.8 Å². The molecule has 120 valence electrons. The standard InChI is InChI=1S/C18H30O3/c1-12(2)8-7-9-13(3)10-11-20-18(19)17-15(5)14(4)16(6)21-17/h8,13-14,16H,7,9-11H2,1-6H3/t13-,14?,16?/m0/s1. The van der Waals surface area contributed by atoms with Gasteiger partial charge in [0.1, 0.15) is 6.10 Å². The predicted molar refractivity (Wildman–Crippen MR) is 85.8 cm³/mol. The van der Waals surface area contributed by atoms with Crippen molar-refractivity contribution in [1.82, 2.24) is 0 Å². The molecular weight excluding hydrogens is 264 g/mol. The van der Waals surface area contributed by atoms with Gasteiger partial charge >= 0.3 is 5.97 Å². The molecule has 1 rings (SSSR count). The van der Waals surface area contributed by atoms with E-state index in [4.69, 9.17) is 9.47 Å². The fraction of sp³-hybridized carbons (Fsp3) is 0.722. The Morgan fingerprint density at radius 2 is 2.00 bits per heavy atom. The molecule has 1 aliphatic heterocycles. The van der Waals surface area contributed by atoms with E-state index in [2.05, 4.69) is 33.8 Å². The fourth-order valence-electron chi connectivity index (χ4n) is 2.37. The Morgan fingerprint density at radius 1 is 1.33 bits per heavy atom. The maximum Gasteiger partial charge on any atom is 0.373 e. The highest BCUT2D eigenvalue weighted by molar-refractivity contribution is 5.87. The van der Waals surface area contributed by atoms with Crippen LogP contribution in [0.4, 0.5) is 0 Å². The van der Waals surface area contributed by atoms with E-state index < -0.39 is 0 Å². The van der Waals surface area contributed by atoms with Crippen molar-refractivity contribution >= 4 is 5.97 Å². The molecule has 0 aromatic rings. The van der Waals surface area contributed by atoms with Crippen molar-refractivity contribution in [2.45, 2.75) is 66.9 Å². The van der Waals surface area contributed by atoms with Crippen molar-refractivity contribution in [2.75, 3.05) is 6.61 Å². The molecule has 1 aliphatic rings. The van der Waals surface area contributed by atoms with Gasteiger partial charge in [0.25, 0.3) is 0 Å². The Hall–Kier alpha value is -1.25. The first-order valence-corrected chi connectivity index (χ1v) is 8.00.